The molecule has 1 amide bonds. The van der Waals surface area contributed by atoms with Gasteiger partial charge >= 0.3 is 5.97 Å². The van der Waals surface area contributed by atoms with Gasteiger partial charge in [-0.1, -0.05) is 40.2 Å². The molecule has 4 rings (SSSR count). The number of aryl methyl sites for hydroxylation is 1. The number of esters is 1. The fraction of sp³-hybridized carbons (Fsp3) is 0.125. The monoisotopic (exact) mass is 478 g/mol. The van der Waals surface area contributed by atoms with Crippen molar-refractivity contribution in [2.45, 2.75) is 13.5 Å². The van der Waals surface area contributed by atoms with E-state index in [1.165, 1.54) is 0 Å². The highest BCUT2D eigenvalue weighted by atomic mass is 79.9. The van der Waals surface area contributed by atoms with Crippen molar-refractivity contribution in [3.63, 3.8) is 0 Å². The summed E-state index contributed by atoms with van der Waals surface area (Å²) in [5.41, 5.74) is 2.73. The summed E-state index contributed by atoms with van der Waals surface area (Å²) in [5, 5.41) is 3.79. The second-order valence-corrected chi connectivity index (χ2v) is 8.03. The molecule has 0 saturated heterocycles. The molecule has 1 aromatic heterocycles. The lowest BCUT2D eigenvalue weighted by molar-refractivity contribution is -0.147. The van der Waals surface area contributed by atoms with E-state index >= 15 is 0 Å². The summed E-state index contributed by atoms with van der Waals surface area (Å²) >= 11 is 3.38. The van der Waals surface area contributed by atoms with Crippen LogP contribution in [0.5, 0.6) is 0 Å². The number of nitrogens with zero attached hydrogens (tertiary/aromatic N) is 1. The summed E-state index contributed by atoms with van der Waals surface area (Å²) in [5.74, 6) is -0.991. The molecular weight excluding hydrogens is 460 g/mol. The van der Waals surface area contributed by atoms with Gasteiger partial charge < -0.3 is 14.6 Å². The molecule has 31 heavy (non-hydrogen) atoms. The number of rotatable bonds is 5. The van der Waals surface area contributed by atoms with E-state index in [1.54, 1.807) is 47.0 Å². The molecular formula is C24H19BrN2O4. The van der Waals surface area contributed by atoms with Gasteiger partial charge in [0, 0.05) is 20.9 Å². The molecule has 7 heteroatoms. The molecule has 3 aromatic carbocycles. The lowest BCUT2D eigenvalue weighted by Gasteiger charge is -2.15. The van der Waals surface area contributed by atoms with E-state index in [4.69, 9.17) is 4.74 Å². The van der Waals surface area contributed by atoms with Gasteiger partial charge in [-0.15, -0.1) is 0 Å². The number of para-hydroxylation sites is 2. The number of halogens is 1. The Labute approximate surface area is 186 Å². The van der Waals surface area contributed by atoms with Gasteiger partial charge in [0.25, 0.3) is 5.91 Å². The smallest absolute Gasteiger partial charge is 0.326 e. The number of carbonyl (C=O) groups excluding carboxylic acids is 2. The normalized spacial score (nSPS) is 10.9. The van der Waals surface area contributed by atoms with Gasteiger partial charge in [0.15, 0.2) is 12.0 Å². The van der Waals surface area contributed by atoms with Crippen LogP contribution in [0, 0.1) is 6.92 Å². The molecule has 0 radical (unpaired) electrons. The van der Waals surface area contributed by atoms with Crippen molar-refractivity contribution in [2.24, 2.45) is 0 Å². The molecule has 1 N–H and O–H groups in total. The lowest BCUT2D eigenvalue weighted by atomic mass is 10.1. The summed E-state index contributed by atoms with van der Waals surface area (Å²) in [7, 11) is 0. The van der Waals surface area contributed by atoms with Gasteiger partial charge in [0.1, 0.15) is 6.54 Å². The van der Waals surface area contributed by atoms with Crippen LogP contribution in [-0.4, -0.2) is 23.1 Å². The minimum atomic E-state index is -0.568. The van der Waals surface area contributed by atoms with Crippen molar-refractivity contribution >= 4 is 55.3 Å². The summed E-state index contributed by atoms with van der Waals surface area (Å²) in [6.07, 6.45) is 0. The van der Waals surface area contributed by atoms with E-state index < -0.39 is 18.5 Å². The van der Waals surface area contributed by atoms with Crippen LogP contribution in [0.3, 0.4) is 0 Å². The van der Waals surface area contributed by atoms with Crippen LogP contribution in [-0.2, 0) is 20.9 Å². The molecule has 0 aliphatic carbocycles. The molecule has 0 fully saturated rings. The fourth-order valence-electron chi connectivity index (χ4n) is 3.52. The third-order valence-electron chi connectivity index (χ3n) is 4.99. The molecule has 0 bridgehead atoms. The number of carbonyl (C=O) groups is 2. The third kappa shape index (κ3) is 4.36. The van der Waals surface area contributed by atoms with Crippen molar-refractivity contribution in [1.29, 1.82) is 0 Å². The standard InChI is InChI=1S/C24H19BrN2O4/c1-15-12-16(25)10-11-19(15)26-22(28)14-31-23(29)13-27-20-8-4-2-6-17(20)24(30)18-7-3-5-9-21(18)27/h2-12H,13-14H2,1H3,(H,26,28). The Bertz CT molecular complexity index is 1320. The van der Waals surface area contributed by atoms with Gasteiger partial charge in [-0.3, -0.25) is 14.4 Å². The van der Waals surface area contributed by atoms with Crippen LogP contribution in [0.25, 0.3) is 21.8 Å². The summed E-state index contributed by atoms with van der Waals surface area (Å²) in [6.45, 7) is 1.36. The van der Waals surface area contributed by atoms with E-state index in [-0.39, 0.29) is 12.0 Å². The molecule has 0 atom stereocenters. The first-order valence-corrected chi connectivity index (χ1v) is 10.5. The maximum Gasteiger partial charge on any atom is 0.326 e. The molecule has 156 valence electrons. The highest BCUT2D eigenvalue weighted by molar-refractivity contribution is 9.10. The highest BCUT2D eigenvalue weighted by Gasteiger charge is 2.15. The Kier molecular flexibility index (Phi) is 5.86. The van der Waals surface area contributed by atoms with Crippen molar-refractivity contribution in [2.75, 3.05) is 11.9 Å². The van der Waals surface area contributed by atoms with Crippen LogP contribution in [0.2, 0.25) is 0 Å². The molecule has 0 unspecified atom stereocenters. The number of anilines is 1. The number of nitrogens with one attached hydrogen (secondary N) is 1. The zero-order valence-electron chi connectivity index (χ0n) is 16.7. The number of amides is 1. The van der Waals surface area contributed by atoms with E-state index in [2.05, 4.69) is 21.2 Å². The first kappa shape index (κ1) is 20.8. The Morgan fingerprint density at radius 1 is 0.968 bits per heavy atom. The molecule has 6 nitrogen and oxygen atoms in total. The van der Waals surface area contributed by atoms with Crippen molar-refractivity contribution < 1.29 is 14.3 Å². The molecule has 4 aromatic rings. The second-order valence-electron chi connectivity index (χ2n) is 7.12. The van der Waals surface area contributed by atoms with Gasteiger partial charge in [-0.25, -0.2) is 0 Å². The van der Waals surface area contributed by atoms with Gasteiger partial charge in [0.05, 0.1) is 11.0 Å². The Morgan fingerprint density at radius 3 is 2.19 bits per heavy atom. The first-order valence-electron chi connectivity index (χ1n) is 9.66. The first-order chi connectivity index (χ1) is 14.9. The van der Waals surface area contributed by atoms with Crippen LogP contribution in [0.4, 0.5) is 5.69 Å². The predicted molar refractivity (Wildman–Crippen MR) is 124 cm³/mol. The average Bonchev–Trinajstić information content (AvgIpc) is 2.77. The quantitative estimate of drug-likeness (QED) is 0.340. The number of aromatic nitrogens is 1. The number of ether oxygens (including phenoxy) is 1. The Balaban J connectivity index is 1.53. The fourth-order valence-corrected chi connectivity index (χ4v) is 4.00. The summed E-state index contributed by atoms with van der Waals surface area (Å²) < 4.78 is 7.87. The maximum atomic E-state index is 12.8. The number of hydrogen-bond donors (Lipinski definition) is 1. The van der Waals surface area contributed by atoms with Crippen LogP contribution >= 0.6 is 15.9 Å². The van der Waals surface area contributed by atoms with E-state index in [0.29, 0.717) is 27.5 Å². The summed E-state index contributed by atoms with van der Waals surface area (Å²) in [4.78, 5) is 37.6. The lowest BCUT2D eigenvalue weighted by Crippen LogP contribution is -2.24. The highest BCUT2D eigenvalue weighted by Crippen LogP contribution is 2.21. The largest absolute Gasteiger partial charge is 0.454 e. The zero-order valence-corrected chi connectivity index (χ0v) is 18.3. The second kappa shape index (κ2) is 8.73. The molecule has 1 heterocycles. The Morgan fingerprint density at radius 2 is 1.58 bits per heavy atom. The number of benzene rings is 3. The van der Waals surface area contributed by atoms with Crippen molar-refractivity contribution in [1.82, 2.24) is 4.57 Å². The van der Waals surface area contributed by atoms with Gasteiger partial charge in [0.2, 0.25) is 0 Å². The van der Waals surface area contributed by atoms with E-state index in [9.17, 15) is 14.4 Å². The minimum absolute atomic E-state index is 0.0833. The SMILES string of the molecule is Cc1cc(Br)ccc1NC(=O)COC(=O)Cn1c2ccccc2c(=O)c2ccccc21. The van der Waals surface area contributed by atoms with Crippen LogP contribution < -0.4 is 10.7 Å². The van der Waals surface area contributed by atoms with Crippen molar-refractivity contribution in [3.05, 3.63) is 87.0 Å². The third-order valence-corrected chi connectivity index (χ3v) is 5.49. The van der Waals surface area contributed by atoms with Crippen LogP contribution in [0.15, 0.2) is 76.0 Å². The number of fused-ring (bicyclic) bond motifs is 2. The van der Waals surface area contributed by atoms with E-state index in [0.717, 1.165) is 10.0 Å². The minimum Gasteiger partial charge on any atom is -0.454 e. The number of hydrogen-bond acceptors (Lipinski definition) is 4. The van der Waals surface area contributed by atoms with Gasteiger partial charge in [-0.05, 0) is 55.0 Å². The molecule has 0 saturated carbocycles. The summed E-state index contributed by atoms with van der Waals surface area (Å²) in [6, 6.07) is 19.7. The zero-order chi connectivity index (χ0) is 22.0. The molecule has 0 aliphatic heterocycles. The topological polar surface area (TPSA) is 77.4 Å². The predicted octanol–water partition coefficient (Wildman–Crippen LogP) is 4.41. The maximum absolute atomic E-state index is 12.8. The van der Waals surface area contributed by atoms with Crippen LogP contribution in [0.1, 0.15) is 5.56 Å². The Hall–Kier alpha value is -3.45. The number of pyridine rings is 1. The van der Waals surface area contributed by atoms with Crippen molar-refractivity contribution in [3.8, 4) is 0 Å². The average molecular weight is 479 g/mol. The molecule has 0 spiro atoms. The van der Waals surface area contributed by atoms with E-state index in [1.807, 2.05) is 31.2 Å². The molecule has 0 aliphatic rings. The van der Waals surface area contributed by atoms with Gasteiger partial charge in [-0.2, -0.15) is 0 Å².